The molecule has 2 aliphatic heterocycles. The zero-order valence-corrected chi connectivity index (χ0v) is 27.5. The first-order valence-electron chi connectivity index (χ1n) is 13.5. The third-order valence-corrected chi connectivity index (χ3v) is 5.61. The van der Waals surface area contributed by atoms with E-state index in [2.05, 4.69) is 53.1 Å². The van der Waals surface area contributed by atoms with Crippen molar-refractivity contribution in [2.45, 2.75) is 77.5 Å². The van der Waals surface area contributed by atoms with Crippen molar-refractivity contribution in [1.82, 2.24) is 10.2 Å². The number of isothiocyanates is 1. The van der Waals surface area contributed by atoms with Gasteiger partial charge in [-0.1, -0.05) is 74.7 Å². The van der Waals surface area contributed by atoms with Gasteiger partial charge in [0.25, 0.3) is 0 Å². The molecule has 13 heteroatoms. The predicted molar refractivity (Wildman–Crippen MR) is 165 cm³/mol. The van der Waals surface area contributed by atoms with Crippen LogP contribution in [-0.4, -0.2) is 94.2 Å². The fourth-order valence-corrected chi connectivity index (χ4v) is 3.97. The summed E-state index contributed by atoms with van der Waals surface area (Å²) in [6.07, 6.45) is 17.3. The molecule has 1 aliphatic carbocycles. The van der Waals surface area contributed by atoms with Gasteiger partial charge >= 0.3 is 33.0 Å². The Hall–Kier alpha value is -1.48. The summed E-state index contributed by atoms with van der Waals surface area (Å²) >= 11 is 3.70. The average Bonchev–Trinajstić information content (AvgIpc) is 2.89. The van der Waals surface area contributed by atoms with E-state index in [-0.39, 0.29) is 44.8 Å². The van der Waals surface area contributed by atoms with Crippen molar-refractivity contribution < 1.29 is 58.2 Å². The average molecular weight is 694 g/mol. The molecule has 0 amide bonds. The second kappa shape index (κ2) is 28.3. The minimum Gasteiger partial charge on any atom is -0.753 e. The van der Waals surface area contributed by atoms with Crippen LogP contribution in [0.25, 0.3) is 16.0 Å². The Morgan fingerprint density at radius 3 is 2.29 bits per heavy atom. The first-order chi connectivity index (χ1) is 19.0. The summed E-state index contributed by atoms with van der Waals surface area (Å²) in [7, 11) is 2.07. The van der Waals surface area contributed by atoms with E-state index in [0.29, 0.717) is 12.6 Å². The monoisotopic (exact) mass is 692 g/mol. The fraction of sp³-hybridized carbons (Fsp3) is 0.586. The second-order valence-electron chi connectivity index (χ2n) is 9.61. The Kier molecular flexibility index (Phi) is 30.3. The molecule has 1 saturated heterocycles. The van der Waals surface area contributed by atoms with Crippen LogP contribution >= 0.6 is 12.2 Å². The third kappa shape index (κ3) is 25.1. The van der Waals surface area contributed by atoms with Crippen LogP contribution in [0.3, 0.4) is 0 Å². The van der Waals surface area contributed by atoms with Gasteiger partial charge in [-0.2, -0.15) is 11.4 Å². The molecule has 0 bridgehead atoms. The van der Waals surface area contributed by atoms with E-state index in [1.807, 2.05) is 36.7 Å². The third-order valence-electron chi connectivity index (χ3n) is 5.61. The van der Waals surface area contributed by atoms with Crippen molar-refractivity contribution in [1.29, 1.82) is 0 Å². The fourth-order valence-electron chi connectivity index (χ4n) is 3.97. The van der Waals surface area contributed by atoms with Crippen molar-refractivity contribution in [2.75, 3.05) is 33.2 Å². The molecule has 3 rings (SSSR count). The molecule has 0 aromatic carbocycles. The number of ketones is 1. The number of Topliss-reactive ketones (excluding diaryl/α,β-unsaturated/α-hetero) is 1. The molecule has 10 nitrogen and oxygen atoms in total. The Morgan fingerprint density at radius 1 is 1.14 bits per heavy atom. The standard InChI is InChI=1S/C24H34N4O.2C2H6O2.CNS.2Ni/c1-19-15-20(17-25-13-9-22-7-3-5-11-26-22)24(29)21(16-19)18-28(2)14-10-23-8-4-6-12-27-23;2*1-2(3)4;2-1-3;;/h4,6,8,12,15-17,22-23H,3,5,7,9-11,13-14,18H2,1-2H3,(H,25,29);2*2-4H,1H3;;;/q-2;;;-1;2*+2. The summed E-state index contributed by atoms with van der Waals surface area (Å²) < 4.78 is 0. The van der Waals surface area contributed by atoms with Crippen LogP contribution in [0.5, 0.6) is 0 Å². The van der Waals surface area contributed by atoms with Gasteiger partial charge in [-0.15, -0.1) is 12.6 Å². The predicted octanol–water partition coefficient (Wildman–Crippen LogP) is 3.67. The number of likely N-dealkylation sites (N-methyl/N-ethyl adjacent to an activating group) is 1. The molecule has 0 radical (unpaired) electrons. The van der Waals surface area contributed by atoms with Crippen LogP contribution in [0.2, 0.25) is 0 Å². The van der Waals surface area contributed by atoms with E-state index < -0.39 is 12.6 Å². The number of aliphatic hydroxyl groups excluding tert-OH is 2. The molecule has 3 aliphatic rings. The summed E-state index contributed by atoms with van der Waals surface area (Å²) in [6.45, 7) is 8.05. The van der Waals surface area contributed by atoms with Gasteiger partial charge in [-0.05, 0) is 46.0 Å². The number of piperidine rings is 1. The molecule has 1 fully saturated rings. The molecule has 0 aromatic heterocycles. The zero-order valence-electron chi connectivity index (χ0n) is 24.7. The first-order valence-corrected chi connectivity index (χ1v) is 13.9. The Balaban J connectivity index is -0.00000101. The number of nitrogens with zero attached hydrogens (tertiary/aromatic N) is 4. The number of allylic oxidation sites excluding steroid dienone is 6. The molecule has 42 heavy (non-hydrogen) atoms. The van der Waals surface area contributed by atoms with Crippen LogP contribution in [0.15, 0.2) is 59.5 Å². The summed E-state index contributed by atoms with van der Waals surface area (Å²) in [4.78, 5) is 15.1. The minimum absolute atomic E-state index is 0. The number of rotatable bonds is 9. The van der Waals surface area contributed by atoms with Crippen molar-refractivity contribution in [3.63, 3.8) is 0 Å². The molecule has 2 heterocycles. The van der Waals surface area contributed by atoms with E-state index >= 15 is 0 Å². The Labute approximate surface area is 276 Å². The Morgan fingerprint density at radius 2 is 1.76 bits per heavy atom. The van der Waals surface area contributed by atoms with Crippen molar-refractivity contribution >= 4 is 23.2 Å². The van der Waals surface area contributed by atoms with Crippen LogP contribution in [0.1, 0.15) is 52.9 Å². The van der Waals surface area contributed by atoms with E-state index in [4.69, 9.17) is 25.8 Å². The topological polar surface area (TPSA) is 164 Å². The molecule has 2 unspecified atom stereocenters. The number of hydrogen-bond donors (Lipinski definition) is 5. The molecule has 5 N–H and O–H groups in total. The van der Waals surface area contributed by atoms with Crippen molar-refractivity contribution in [3.05, 3.63) is 75.5 Å². The van der Waals surface area contributed by atoms with Crippen LogP contribution in [0, 0.1) is 0 Å². The van der Waals surface area contributed by atoms with E-state index in [1.165, 1.54) is 38.3 Å². The van der Waals surface area contributed by atoms with Gasteiger partial charge < -0.3 is 46.7 Å². The molecule has 242 valence electrons. The number of aliphatic hydroxyl groups is 4. The van der Waals surface area contributed by atoms with E-state index in [0.717, 1.165) is 49.2 Å². The smallest absolute Gasteiger partial charge is 0.753 e. The van der Waals surface area contributed by atoms with Gasteiger partial charge in [-0.25, -0.2) is 0 Å². The first kappa shape index (κ1) is 45.0. The summed E-state index contributed by atoms with van der Waals surface area (Å²) in [5.41, 5.74) is 2.74. The quantitative estimate of drug-likeness (QED) is 0.0610. The maximum atomic E-state index is 12.9. The SMILES string of the molecule is CC(O)O.CC(O)O.CC1=CC(=CNCCC2CCCC[N-]2)C(=O)C(CN(C)CCC2C=CC=C[N-]2)=C1.[N-]=C=S.[Ni+2].[Ni+2]. The molecule has 2 atom stereocenters. The maximum Gasteiger partial charge on any atom is 2.00 e. The summed E-state index contributed by atoms with van der Waals surface area (Å²) in [6, 6.07) is 0.731. The molecule has 0 saturated carbocycles. The van der Waals surface area contributed by atoms with Gasteiger partial charge in [0.15, 0.2) is 5.78 Å². The normalized spacial score (nSPS) is 19.7. The molecule has 0 spiro atoms. The molecule has 0 aromatic rings. The number of carbonyl (C=O) groups is 1. The van der Waals surface area contributed by atoms with Crippen LogP contribution in [0.4, 0.5) is 0 Å². The summed E-state index contributed by atoms with van der Waals surface area (Å²) in [5.74, 6) is 0.127. The minimum atomic E-state index is -1.17. The Bertz CT molecular complexity index is 903. The number of nitrogens with one attached hydrogen (secondary N) is 1. The number of carbonyl (C=O) groups excluding carboxylic acids is 1. The van der Waals surface area contributed by atoms with Crippen LogP contribution < -0.4 is 5.32 Å². The largest absolute Gasteiger partial charge is 2.00 e. The number of hydrogen-bond acceptors (Lipinski definition) is 8. The summed E-state index contributed by atoms with van der Waals surface area (Å²) in [5, 5.41) is 51.4. The maximum absolute atomic E-state index is 12.9. The van der Waals surface area contributed by atoms with E-state index in [9.17, 15) is 4.79 Å². The van der Waals surface area contributed by atoms with E-state index in [1.54, 1.807) is 0 Å². The molecular formula is C29H46N5Ni2O5S+. The number of thiocarbonyl (C=S) groups is 1. The van der Waals surface area contributed by atoms with Crippen molar-refractivity contribution in [3.8, 4) is 0 Å². The molecular weight excluding hydrogens is 648 g/mol. The van der Waals surface area contributed by atoms with Gasteiger partial charge in [0.05, 0.1) is 0 Å². The van der Waals surface area contributed by atoms with Gasteiger partial charge in [0.2, 0.25) is 0 Å². The zero-order chi connectivity index (χ0) is 30.3. The van der Waals surface area contributed by atoms with Crippen molar-refractivity contribution in [2.24, 2.45) is 0 Å². The second-order valence-corrected chi connectivity index (χ2v) is 9.79. The van der Waals surface area contributed by atoms with Gasteiger partial charge in [-0.3, -0.25) is 4.79 Å². The van der Waals surface area contributed by atoms with Gasteiger partial charge in [0, 0.05) is 30.4 Å². The van der Waals surface area contributed by atoms with Gasteiger partial charge in [0.1, 0.15) is 12.6 Å². The van der Waals surface area contributed by atoms with Crippen LogP contribution in [-0.2, 0) is 37.8 Å².